The summed E-state index contributed by atoms with van der Waals surface area (Å²) in [6.45, 7) is 4.43. The summed E-state index contributed by atoms with van der Waals surface area (Å²) in [5.41, 5.74) is 0. The predicted molar refractivity (Wildman–Crippen MR) is 214 cm³/mol. The van der Waals surface area contributed by atoms with E-state index in [1.54, 1.807) is 6.08 Å². The molecule has 0 aliphatic carbocycles. The molecule has 0 fully saturated rings. The van der Waals surface area contributed by atoms with Gasteiger partial charge in [-0.3, -0.25) is 9.36 Å². The third-order valence-corrected chi connectivity index (χ3v) is 9.43. The van der Waals surface area contributed by atoms with Crippen LogP contribution in [0.5, 0.6) is 0 Å². The second-order valence-electron chi connectivity index (χ2n) is 14.6. The van der Waals surface area contributed by atoms with E-state index in [9.17, 15) is 19.4 Å². The van der Waals surface area contributed by atoms with Gasteiger partial charge >= 0.3 is 0 Å². The number of amides is 1. The van der Waals surface area contributed by atoms with Crippen molar-refractivity contribution in [2.45, 2.75) is 161 Å². The van der Waals surface area contributed by atoms with Crippen LogP contribution in [0.3, 0.4) is 0 Å². The normalized spacial score (nSPS) is 15.2. The molecule has 2 N–H and O–H groups in total. The minimum Gasteiger partial charge on any atom is -0.756 e. The second kappa shape index (κ2) is 34.0. The Morgan fingerprint density at radius 1 is 0.706 bits per heavy atom. The molecule has 0 rings (SSSR count). The standard InChI is InChI=1S/C42H77N2O6P/c1-6-8-10-12-14-16-18-19-20-21-22-23-24-25-26-28-30-32-34-36-42(46)43-40(39-50-51(47,48)49-38-37-44(3,4)5)41(45)35-33-31-29-27-17-15-13-11-9-7-2/h9,11,14,16-19,27,33,35,40-41,45H,6-8,10,12-13,15,20-26,28-32,34,36-39H2,1-5H3,(H-,43,46,47,48)/b11-9+,16-14-,19-18-,27-17+,35-33+. The topological polar surface area (TPSA) is 108 Å². The van der Waals surface area contributed by atoms with Gasteiger partial charge in [-0.25, -0.2) is 0 Å². The molecule has 296 valence electrons. The number of unbranched alkanes of at least 4 members (excludes halogenated alkanes) is 15. The first kappa shape index (κ1) is 49.2. The summed E-state index contributed by atoms with van der Waals surface area (Å²) in [6.07, 6.45) is 42.8. The van der Waals surface area contributed by atoms with Crippen molar-refractivity contribution in [3.05, 3.63) is 60.8 Å². The highest BCUT2D eigenvalue weighted by Gasteiger charge is 2.23. The Morgan fingerprint density at radius 2 is 1.22 bits per heavy atom. The maximum Gasteiger partial charge on any atom is 0.268 e. The molecule has 0 aromatic heterocycles. The van der Waals surface area contributed by atoms with Crippen LogP contribution in [0.4, 0.5) is 0 Å². The summed E-state index contributed by atoms with van der Waals surface area (Å²) in [6, 6.07) is -0.910. The molecule has 51 heavy (non-hydrogen) atoms. The van der Waals surface area contributed by atoms with E-state index in [2.05, 4.69) is 67.8 Å². The number of aliphatic hydroxyl groups is 1. The van der Waals surface area contributed by atoms with Gasteiger partial charge in [-0.05, 0) is 64.2 Å². The summed E-state index contributed by atoms with van der Waals surface area (Å²) < 4.78 is 23.1. The molecule has 0 heterocycles. The molecule has 9 heteroatoms. The molecular weight excluding hydrogens is 659 g/mol. The Kier molecular flexibility index (Phi) is 32.8. The summed E-state index contributed by atoms with van der Waals surface area (Å²) in [5, 5.41) is 13.6. The average molecular weight is 737 g/mol. The lowest BCUT2D eigenvalue weighted by molar-refractivity contribution is -0.870. The molecule has 0 aromatic carbocycles. The third kappa shape index (κ3) is 36.4. The minimum atomic E-state index is -4.59. The number of hydrogen-bond donors (Lipinski definition) is 2. The van der Waals surface area contributed by atoms with Crippen molar-refractivity contribution in [1.29, 1.82) is 0 Å². The van der Waals surface area contributed by atoms with Crippen LogP contribution in [0.25, 0.3) is 0 Å². The van der Waals surface area contributed by atoms with E-state index in [1.807, 2.05) is 27.2 Å². The molecule has 0 aliphatic rings. The fraction of sp³-hybridized carbons (Fsp3) is 0.738. The lowest BCUT2D eigenvalue weighted by Crippen LogP contribution is -2.45. The molecule has 3 atom stereocenters. The smallest absolute Gasteiger partial charge is 0.268 e. The van der Waals surface area contributed by atoms with E-state index in [1.165, 1.54) is 70.6 Å². The zero-order chi connectivity index (χ0) is 37.9. The molecule has 0 aromatic rings. The van der Waals surface area contributed by atoms with Gasteiger partial charge in [0, 0.05) is 6.42 Å². The maximum absolute atomic E-state index is 12.8. The van der Waals surface area contributed by atoms with Gasteiger partial charge in [0.2, 0.25) is 5.91 Å². The first-order chi connectivity index (χ1) is 24.5. The van der Waals surface area contributed by atoms with Gasteiger partial charge in [0.1, 0.15) is 13.2 Å². The first-order valence-electron chi connectivity index (χ1n) is 20.2. The lowest BCUT2D eigenvalue weighted by atomic mass is 10.0. The van der Waals surface area contributed by atoms with Crippen LogP contribution in [-0.2, 0) is 18.4 Å². The molecule has 0 saturated heterocycles. The van der Waals surface area contributed by atoms with Gasteiger partial charge in [0.05, 0.1) is 39.9 Å². The number of quaternary nitrogens is 1. The quantitative estimate of drug-likeness (QED) is 0.0221. The number of phosphoric acid groups is 1. The molecule has 1 amide bonds. The number of phosphoric ester groups is 1. The van der Waals surface area contributed by atoms with Crippen LogP contribution in [0, 0.1) is 0 Å². The summed E-state index contributed by atoms with van der Waals surface area (Å²) in [7, 11) is 1.22. The van der Waals surface area contributed by atoms with Gasteiger partial charge in [-0.15, -0.1) is 0 Å². The molecular formula is C42H77N2O6P. The molecule has 0 spiro atoms. The van der Waals surface area contributed by atoms with Crippen molar-refractivity contribution in [1.82, 2.24) is 5.32 Å². The summed E-state index contributed by atoms with van der Waals surface area (Å²) >= 11 is 0. The van der Waals surface area contributed by atoms with E-state index < -0.39 is 26.6 Å². The Balaban J connectivity index is 4.43. The van der Waals surface area contributed by atoms with Crippen LogP contribution in [0.15, 0.2) is 60.8 Å². The Hall–Kier alpha value is -1.80. The van der Waals surface area contributed by atoms with Crippen molar-refractivity contribution < 1.29 is 32.9 Å². The highest BCUT2D eigenvalue weighted by molar-refractivity contribution is 7.45. The van der Waals surface area contributed by atoms with Gasteiger partial charge in [0.15, 0.2) is 0 Å². The molecule has 0 saturated carbocycles. The monoisotopic (exact) mass is 737 g/mol. The third-order valence-electron chi connectivity index (χ3n) is 8.47. The summed E-state index contributed by atoms with van der Waals surface area (Å²) in [5.74, 6) is -0.222. The van der Waals surface area contributed by atoms with Crippen molar-refractivity contribution in [2.75, 3.05) is 40.9 Å². The Labute approximate surface area is 313 Å². The van der Waals surface area contributed by atoms with Crippen LogP contribution >= 0.6 is 7.82 Å². The van der Waals surface area contributed by atoms with Gasteiger partial charge in [-0.2, -0.15) is 0 Å². The van der Waals surface area contributed by atoms with Crippen LogP contribution < -0.4 is 10.2 Å². The number of carbonyl (C=O) groups is 1. The van der Waals surface area contributed by atoms with E-state index in [-0.39, 0.29) is 12.5 Å². The van der Waals surface area contributed by atoms with Gasteiger partial charge < -0.3 is 28.8 Å². The van der Waals surface area contributed by atoms with Crippen molar-refractivity contribution in [3.63, 3.8) is 0 Å². The highest BCUT2D eigenvalue weighted by Crippen LogP contribution is 2.38. The number of allylic oxidation sites excluding steroid dienone is 9. The highest BCUT2D eigenvalue weighted by atomic mass is 31.2. The Morgan fingerprint density at radius 3 is 1.76 bits per heavy atom. The number of nitrogens with zero attached hydrogens (tertiary/aromatic N) is 1. The van der Waals surface area contributed by atoms with Crippen molar-refractivity contribution in [2.24, 2.45) is 0 Å². The number of aliphatic hydroxyl groups excluding tert-OH is 1. The predicted octanol–water partition coefficient (Wildman–Crippen LogP) is 10.1. The first-order valence-corrected chi connectivity index (χ1v) is 21.6. The number of carbonyl (C=O) groups excluding carboxylic acids is 1. The van der Waals surface area contributed by atoms with Crippen LogP contribution in [0.1, 0.15) is 149 Å². The maximum atomic E-state index is 12.8. The molecule has 3 unspecified atom stereocenters. The number of hydrogen-bond acceptors (Lipinski definition) is 6. The van der Waals surface area contributed by atoms with Crippen LogP contribution in [-0.4, -0.2) is 68.5 Å². The second-order valence-corrected chi connectivity index (χ2v) is 16.0. The van der Waals surface area contributed by atoms with Crippen molar-refractivity contribution in [3.8, 4) is 0 Å². The number of nitrogens with one attached hydrogen (secondary N) is 1. The lowest BCUT2D eigenvalue weighted by Gasteiger charge is -2.29. The van der Waals surface area contributed by atoms with Crippen LogP contribution in [0.2, 0.25) is 0 Å². The zero-order valence-corrected chi connectivity index (χ0v) is 34.2. The minimum absolute atomic E-state index is 0.0123. The molecule has 0 bridgehead atoms. The Bertz CT molecular complexity index is 1020. The zero-order valence-electron chi connectivity index (χ0n) is 33.3. The van der Waals surface area contributed by atoms with E-state index in [0.717, 1.165) is 57.8 Å². The SMILES string of the molecule is CC/C=C/CC/C=C/CC/C=C/C(O)C(COP(=O)([O-])OCC[N+](C)(C)C)NC(=O)CCCCCCCCCCCC/C=C\C=C/CCCCC. The van der Waals surface area contributed by atoms with E-state index in [4.69, 9.17) is 9.05 Å². The molecule has 0 radical (unpaired) electrons. The van der Waals surface area contributed by atoms with Gasteiger partial charge in [0.25, 0.3) is 7.82 Å². The summed E-state index contributed by atoms with van der Waals surface area (Å²) in [4.78, 5) is 25.2. The van der Waals surface area contributed by atoms with E-state index in [0.29, 0.717) is 17.4 Å². The van der Waals surface area contributed by atoms with E-state index >= 15 is 0 Å². The number of likely N-dealkylation sites (N-methyl/N-ethyl adjacent to an activating group) is 1. The van der Waals surface area contributed by atoms with Crippen molar-refractivity contribution >= 4 is 13.7 Å². The fourth-order valence-electron chi connectivity index (χ4n) is 5.24. The number of rotatable bonds is 35. The molecule has 0 aliphatic heterocycles. The fourth-order valence-corrected chi connectivity index (χ4v) is 5.96. The average Bonchev–Trinajstić information content (AvgIpc) is 3.07. The molecule has 8 nitrogen and oxygen atoms in total. The largest absolute Gasteiger partial charge is 0.756 e. The van der Waals surface area contributed by atoms with Gasteiger partial charge in [-0.1, -0.05) is 139 Å².